The number of nitrogens with zero attached hydrogens (tertiary/aromatic N) is 1. The monoisotopic (exact) mass is 428 g/mol. The first-order valence-corrected chi connectivity index (χ1v) is 11.4. The lowest BCUT2D eigenvalue weighted by Gasteiger charge is -2.43. The number of nitrogens with one attached hydrogen (secondary N) is 1. The molecule has 0 spiro atoms. The van der Waals surface area contributed by atoms with Crippen LogP contribution in [0.1, 0.15) is 56.9 Å². The van der Waals surface area contributed by atoms with Gasteiger partial charge in [-0.05, 0) is 31.4 Å². The Labute approximate surface area is 183 Å². The molecule has 7 heteroatoms. The zero-order valence-corrected chi connectivity index (χ0v) is 18.0. The van der Waals surface area contributed by atoms with Gasteiger partial charge < -0.3 is 25.2 Å². The number of rotatable bonds is 7. The predicted octanol–water partition coefficient (Wildman–Crippen LogP) is 1.88. The summed E-state index contributed by atoms with van der Waals surface area (Å²) in [5, 5.41) is 23.3. The van der Waals surface area contributed by atoms with E-state index in [1.165, 1.54) is 0 Å². The molecule has 1 aromatic rings. The minimum absolute atomic E-state index is 0.0128. The highest BCUT2D eigenvalue weighted by molar-refractivity contribution is 5.96. The molecule has 1 fully saturated rings. The van der Waals surface area contributed by atoms with Gasteiger partial charge >= 0.3 is 0 Å². The Bertz CT molecular complexity index is 848. The van der Waals surface area contributed by atoms with E-state index in [2.05, 4.69) is 5.32 Å². The third-order valence-electron chi connectivity index (χ3n) is 6.67. The molecule has 0 saturated heterocycles. The fraction of sp³-hybridized carbons (Fsp3) is 0.583. The van der Waals surface area contributed by atoms with E-state index in [9.17, 15) is 14.7 Å². The maximum Gasteiger partial charge on any atom is 0.247 e. The number of fused-ring (bicyclic) bond motifs is 3. The van der Waals surface area contributed by atoms with E-state index in [4.69, 9.17) is 9.84 Å². The van der Waals surface area contributed by atoms with Gasteiger partial charge in [0.2, 0.25) is 11.8 Å². The van der Waals surface area contributed by atoms with Crippen molar-refractivity contribution < 1.29 is 24.5 Å². The van der Waals surface area contributed by atoms with Gasteiger partial charge in [0.05, 0.1) is 18.6 Å². The highest BCUT2D eigenvalue weighted by Gasteiger charge is 2.51. The standard InChI is InChI=1S/C24H32N2O5/c1-2-7-20(28)26(15-8-3-4-9-15)18-14-17(24(30)25-12-13-27)21-16-10-5-6-11-19(16)31-23(21)22(18)29/h5-6,10-11,14-15,18,21-23,27,29H,2-4,7-9,12-13H2,1H3,(H,25,30). The molecule has 2 aliphatic carbocycles. The van der Waals surface area contributed by atoms with Crippen LogP contribution in [-0.4, -0.2) is 64.4 Å². The first-order valence-electron chi connectivity index (χ1n) is 11.4. The quantitative estimate of drug-likeness (QED) is 0.616. The first-order chi connectivity index (χ1) is 15.1. The van der Waals surface area contributed by atoms with Crippen LogP contribution < -0.4 is 10.1 Å². The highest BCUT2D eigenvalue weighted by atomic mass is 16.5. The summed E-state index contributed by atoms with van der Waals surface area (Å²) >= 11 is 0. The Morgan fingerprint density at radius 2 is 1.97 bits per heavy atom. The first kappa shape index (κ1) is 21.8. The highest BCUT2D eigenvalue weighted by Crippen LogP contribution is 2.47. The molecule has 1 saturated carbocycles. The van der Waals surface area contributed by atoms with E-state index in [-0.39, 0.29) is 31.0 Å². The predicted molar refractivity (Wildman–Crippen MR) is 116 cm³/mol. The normalized spacial score (nSPS) is 27.1. The molecule has 31 heavy (non-hydrogen) atoms. The summed E-state index contributed by atoms with van der Waals surface area (Å²) in [6, 6.07) is 6.96. The largest absolute Gasteiger partial charge is 0.486 e. The molecular formula is C24H32N2O5. The van der Waals surface area contributed by atoms with Crippen molar-refractivity contribution >= 4 is 11.8 Å². The van der Waals surface area contributed by atoms with Crippen LogP contribution in [-0.2, 0) is 9.59 Å². The van der Waals surface area contributed by atoms with Crippen LogP contribution in [0, 0.1) is 0 Å². The molecule has 4 unspecified atom stereocenters. The molecule has 3 N–H and O–H groups in total. The lowest BCUT2D eigenvalue weighted by atomic mass is 9.77. The summed E-state index contributed by atoms with van der Waals surface area (Å²) in [6.45, 7) is 1.96. The number of carbonyl (C=O) groups is 2. The molecule has 4 atom stereocenters. The van der Waals surface area contributed by atoms with E-state index < -0.39 is 24.2 Å². The average Bonchev–Trinajstić information content (AvgIpc) is 3.42. The second-order valence-corrected chi connectivity index (χ2v) is 8.67. The summed E-state index contributed by atoms with van der Waals surface area (Å²) < 4.78 is 6.13. The number of carbonyl (C=O) groups excluding carboxylic acids is 2. The molecule has 1 heterocycles. The number of hydrogen-bond donors (Lipinski definition) is 3. The van der Waals surface area contributed by atoms with E-state index in [0.717, 1.165) is 37.7 Å². The third-order valence-corrected chi connectivity index (χ3v) is 6.67. The summed E-state index contributed by atoms with van der Waals surface area (Å²) in [5.74, 6) is -0.0347. The molecule has 4 rings (SSSR count). The van der Waals surface area contributed by atoms with Crippen molar-refractivity contribution in [2.45, 2.75) is 75.7 Å². The molecule has 0 bridgehead atoms. The molecule has 1 aromatic carbocycles. The van der Waals surface area contributed by atoms with E-state index >= 15 is 0 Å². The van der Waals surface area contributed by atoms with Crippen LogP contribution in [0.4, 0.5) is 0 Å². The van der Waals surface area contributed by atoms with Gasteiger partial charge in [-0.2, -0.15) is 0 Å². The number of aliphatic hydroxyl groups is 2. The Kier molecular flexibility index (Phi) is 6.62. The molecule has 3 aliphatic rings. The van der Waals surface area contributed by atoms with Crippen molar-refractivity contribution in [3.8, 4) is 5.75 Å². The maximum atomic E-state index is 13.1. The number of aliphatic hydroxyl groups excluding tert-OH is 2. The lowest BCUT2D eigenvalue weighted by Crippen LogP contribution is -2.58. The topological polar surface area (TPSA) is 99.1 Å². The zero-order valence-electron chi connectivity index (χ0n) is 18.0. The van der Waals surface area contributed by atoms with E-state index in [1.807, 2.05) is 36.1 Å². The van der Waals surface area contributed by atoms with Gasteiger partial charge in [0.1, 0.15) is 18.0 Å². The minimum Gasteiger partial charge on any atom is -0.486 e. The molecule has 168 valence electrons. The van der Waals surface area contributed by atoms with Crippen molar-refractivity contribution in [3.63, 3.8) is 0 Å². The minimum atomic E-state index is -0.937. The van der Waals surface area contributed by atoms with Gasteiger partial charge in [0, 0.05) is 30.1 Å². The van der Waals surface area contributed by atoms with Gasteiger partial charge in [-0.15, -0.1) is 0 Å². The fourth-order valence-corrected chi connectivity index (χ4v) is 5.30. The van der Waals surface area contributed by atoms with Crippen LogP contribution >= 0.6 is 0 Å². The van der Waals surface area contributed by atoms with Crippen molar-refractivity contribution in [1.29, 1.82) is 0 Å². The van der Waals surface area contributed by atoms with E-state index in [0.29, 0.717) is 17.7 Å². The van der Waals surface area contributed by atoms with Crippen LogP contribution in [0.5, 0.6) is 5.75 Å². The van der Waals surface area contributed by atoms with Gasteiger partial charge in [-0.25, -0.2) is 0 Å². The Morgan fingerprint density at radius 1 is 1.23 bits per heavy atom. The van der Waals surface area contributed by atoms with Crippen molar-refractivity contribution in [2.75, 3.05) is 13.2 Å². The molecule has 1 aliphatic heterocycles. The van der Waals surface area contributed by atoms with Gasteiger partial charge in [0.15, 0.2) is 0 Å². The van der Waals surface area contributed by atoms with Crippen molar-refractivity contribution in [1.82, 2.24) is 10.2 Å². The molecule has 0 radical (unpaired) electrons. The summed E-state index contributed by atoms with van der Waals surface area (Å²) in [5.41, 5.74) is 1.36. The Balaban J connectivity index is 1.75. The molecule has 2 amide bonds. The number of hydrogen-bond acceptors (Lipinski definition) is 5. The van der Waals surface area contributed by atoms with Crippen molar-refractivity contribution in [2.24, 2.45) is 0 Å². The maximum absolute atomic E-state index is 13.1. The summed E-state index contributed by atoms with van der Waals surface area (Å²) in [4.78, 5) is 28.0. The SMILES string of the molecule is CCCC(=O)N(C1CCCC1)C1C=C(C(=O)NCCO)C2c3ccccc3OC2C1O. The lowest BCUT2D eigenvalue weighted by molar-refractivity contribution is -0.140. The Hall–Kier alpha value is -2.38. The smallest absolute Gasteiger partial charge is 0.247 e. The Morgan fingerprint density at radius 3 is 2.68 bits per heavy atom. The van der Waals surface area contributed by atoms with Crippen LogP contribution in [0.25, 0.3) is 0 Å². The fourth-order valence-electron chi connectivity index (χ4n) is 5.30. The number of para-hydroxylation sites is 1. The second kappa shape index (κ2) is 9.40. The molecule has 0 aromatic heterocycles. The van der Waals surface area contributed by atoms with Crippen LogP contribution in [0.2, 0.25) is 0 Å². The number of benzene rings is 1. The number of amides is 2. The summed E-state index contributed by atoms with van der Waals surface area (Å²) in [7, 11) is 0. The van der Waals surface area contributed by atoms with Gasteiger partial charge in [-0.1, -0.05) is 38.0 Å². The average molecular weight is 429 g/mol. The molecular weight excluding hydrogens is 396 g/mol. The second-order valence-electron chi connectivity index (χ2n) is 8.67. The van der Waals surface area contributed by atoms with Crippen LogP contribution in [0.3, 0.4) is 0 Å². The van der Waals surface area contributed by atoms with E-state index in [1.54, 1.807) is 6.08 Å². The number of ether oxygens (including phenoxy) is 1. The van der Waals surface area contributed by atoms with Crippen molar-refractivity contribution in [3.05, 3.63) is 41.5 Å². The van der Waals surface area contributed by atoms with Gasteiger partial charge in [0.25, 0.3) is 0 Å². The zero-order chi connectivity index (χ0) is 22.0. The van der Waals surface area contributed by atoms with Gasteiger partial charge in [-0.3, -0.25) is 9.59 Å². The third kappa shape index (κ3) is 4.08. The molecule has 7 nitrogen and oxygen atoms in total. The summed E-state index contributed by atoms with van der Waals surface area (Å²) in [6.07, 6.45) is 5.28. The van der Waals surface area contributed by atoms with Crippen LogP contribution in [0.15, 0.2) is 35.9 Å².